The van der Waals surface area contributed by atoms with Crippen molar-refractivity contribution in [2.24, 2.45) is 11.8 Å². The lowest BCUT2D eigenvalue weighted by atomic mass is 9.89. The van der Waals surface area contributed by atoms with Crippen molar-refractivity contribution in [3.63, 3.8) is 0 Å². The van der Waals surface area contributed by atoms with E-state index in [1.807, 2.05) is 44.7 Å². The molecule has 2 rings (SSSR count). The highest BCUT2D eigenvalue weighted by molar-refractivity contribution is 6.30. The van der Waals surface area contributed by atoms with Crippen molar-refractivity contribution in [3.8, 4) is 0 Å². The minimum absolute atomic E-state index is 0.0388. The summed E-state index contributed by atoms with van der Waals surface area (Å²) in [4.78, 5) is 27.0. The second-order valence-corrected chi connectivity index (χ2v) is 8.47. The summed E-state index contributed by atoms with van der Waals surface area (Å²) in [6.45, 7) is 9.45. The van der Waals surface area contributed by atoms with Crippen LogP contribution in [0.4, 0.5) is 0 Å². The monoisotopic (exact) mass is 378 g/mol. The van der Waals surface area contributed by atoms with Gasteiger partial charge in [-0.3, -0.25) is 9.59 Å². The number of nitrogens with zero attached hydrogens (tertiary/aromatic N) is 1. The Kier molecular flexibility index (Phi) is 7.51. The maximum absolute atomic E-state index is 12.9. The number of hydrogen-bond donors (Lipinski definition) is 1. The predicted octanol–water partition coefficient (Wildman–Crippen LogP) is 4.23. The number of piperidine rings is 1. The molecule has 0 saturated carbocycles. The standard InChI is InChI=1S/C21H31ClN2O2/c1-14(2)13-19(25)23-20(15(3)4)21(26)24-11-9-17(10-12-24)16-5-7-18(22)8-6-16/h5-8,14-15,17,20H,9-13H2,1-4H3,(H,23,25)/t20-/m1/s1. The summed E-state index contributed by atoms with van der Waals surface area (Å²) in [5.41, 5.74) is 1.28. The molecular weight excluding hydrogens is 348 g/mol. The molecule has 1 aromatic carbocycles. The smallest absolute Gasteiger partial charge is 0.245 e. The fourth-order valence-electron chi connectivity index (χ4n) is 3.48. The molecule has 5 heteroatoms. The number of rotatable bonds is 6. The Morgan fingerprint density at radius 2 is 1.69 bits per heavy atom. The van der Waals surface area contributed by atoms with Gasteiger partial charge in [0.1, 0.15) is 6.04 Å². The Morgan fingerprint density at radius 1 is 1.12 bits per heavy atom. The molecule has 1 atom stereocenters. The molecule has 0 aliphatic carbocycles. The van der Waals surface area contributed by atoms with Gasteiger partial charge in [-0.2, -0.15) is 0 Å². The Bertz CT molecular complexity index is 605. The summed E-state index contributed by atoms with van der Waals surface area (Å²) in [7, 11) is 0. The van der Waals surface area contributed by atoms with Crippen molar-refractivity contribution in [2.45, 2.75) is 58.9 Å². The van der Waals surface area contributed by atoms with E-state index in [0.29, 0.717) is 12.3 Å². The number of likely N-dealkylation sites (tertiary alicyclic amines) is 1. The van der Waals surface area contributed by atoms with Gasteiger partial charge in [0.15, 0.2) is 0 Å². The first-order valence-electron chi connectivity index (χ1n) is 9.61. The molecule has 0 aromatic heterocycles. The molecule has 4 nitrogen and oxygen atoms in total. The topological polar surface area (TPSA) is 49.4 Å². The Morgan fingerprint density at radius 3 is 2.19 bits per heavy atom. The van der Waals surface area contributed by atoms with Crippen LogP contribution in [-0.2, 0) is 9.59 Å². The van der Waals surface area contributed by atoms with Gasteiger partial charge in [0.25, 0.3) is 0 Å². The van der Waals surface area contributed by atoms with Gasteiger partial charge in [-0.15, -0.1) is 0 Å². The second kappa shape index (κ2) is 9.40. The first-order valence-corrected chi connectivity index (χ1v) is 9.99. The Labute approximate surface area is 162 Å². The zero-order valence-corrected chi connectivity index (χ0v) is 17.1. The van der Waals surface area contributed by atoms with E-state index in [-0.39, 0.29) is 23.7 Å². The average molecular weight is 379 g/mol. The molecule has 1 aromatic rings. The van der Waals surface area contributed by atoms with Crippen molar-refractivity contribution in [1.82, 2.24) is 10.2 Å². The lowest BCUT2D eigenvalue weighted by Crippen LogP contribution is -2.53. The third-order valence-electron chi connectivity index (χ3n) is 4.99. The number of amides is 2. The quantitative estimate of drug-likeness (QED) is 0.805. The fraction of sp³-hybridized carbons (Fsp3) is 0.619. The molecule has 1 saturated heterocycles. The summed E-state index contributed by atoms with van der Waals surface area (Å²) in [6, 6.07) is 7.57. The van der Waals surface area contributed by atoms with Gasteiger partial charge in [-0.25, -0.2) is 0 Å². The van der Waals surface area contributed by atoms with E-state index in [9.17, 15) is 9.59 Å². The van der Waals surface area contributed by atoms with Crippen LogP contribution in [0.5, 0.6) is 0 Å². The van der Waals surface area contributed by atoms with Gasteiger partial charge in [0, 0.05) is 24.5 Å². The molecule has 0 unspecified atom stereocenters. The number of hydrogen-bond acceptors (Lipinski definition) is 2. The van der Waals surface area contributed by atoms with Crippen molar-refractivity contribution in [1.29, 1.82) is 0 Å². The summed E-state index contributed by atoms with van der Waals surface area (Å²) in [5, 5.41) is 3.70. The van der Waals surface area contributed by atoms with Gasteiger partial charge in [0.05, 0.1) is 0 Å². The first-order chi connectivity index (χ1) is 12.3. The Hall–Kier alpha value is -1.55. The van der Waals surface area contributed by atoms with Crippen molar-refractivity contribution >= 4 is 23.4 Å². The van der Waals surface area contributed by atoms with Crippen LogP contribution < -0.4 is 5.32 Å². The van der Waals surface area contributed by atoms with Crippen molar-refractivity contribution < 1.29 is 9.59 Å². The third kappa shape index (κ3) is 5.73. The zero-order valence-electron chi connectivity index (χ0n) is 16.3. The van der Waals surface area contributed by atoms with E-state index >= 15 is 0 Å². The van der Waals surface area contributed by atoms with E-state index in [2.05, 4.69) is 17.4 Å². The van der Waals surface area contributed by atoms with E-state index in [0.717, 1.165) is 31.0 Å². The zero-order chi connectivity index (χ0) is 19.3. The summed E-state index contributed by atoms with van der Waals surface area (Å²) < 4.78 is 0. The lowest BCUT2D eigenvalue weighted by molar-refractivity contribution is -0.138. The highest BCUT2D eigenvalue weighted by atomic mass is 35.5. The van der Waals surface area contributed by atoms with Gasteiger partial charge in [-0.1, -0.05) is 51.4 Å². The molecule has 1 aliphatic rings. The molecule has 2 amide bonds. The molecule has 1 N–H and O–H groups in total. The second-order valence-electron chi connectivity index (χ2n) is 8.04. The Balaban J connectivity index is 1.94. The summed E-state index contributed by atoms with van der Waals surface area (Å²) >= 11 is 5.97. The maximum atomic E-state index is 12.9. The number of halogens is 1. The van der Waals surface area contributed by atoms with Crippen LogP contribution in [0.2, 0.25) is 5.02 Å². The maximum Gasteiger partial charge on any atom is 0.245 e. The van der Waals surface area contributed by atoms with E-state index in [1.54, 1.807) is 0 Å². The summed E-state index contributed by atoms with van der Waals surface area (Å²) in [6.07, 6.45) is 2.34. The number of benzene rings is 1. The van der Waals surface area contributed by atoms with Gasteiger partial charge < -0.3 is 10.2 Å². The fourth-order valence-corrected chi connectivity index (χ4v) is 3.61. The van der Waals surface area contributed by atoms with Crippen LogP contribution in [0.25, 0.3) is 0 Å². The van der Waals surface area contributed by atoms with E-state index < -0.39 is 6.04 Å². The van der Waals surface area contributed by atoms with Crippen molar-refractivity contribution in [2.75, 3.05) is 13.1 Å². The lowest BCUT2D eigenvalue weighted by Gasteiger charge is -2.35. The van der Waals surface area contributed by atoms with Crippen LogP contribution in [0.15, 0.2) is 24.3 Å². The highest BCUT2D eigenvalue weighted by Crippen LogP contribution is 2.29. The highest BCUT2D eigenvalue weighted by Gasteiger charge is 2.31. The SMILES string of the molecule is CC(C)CC(=O)N[C@@H](C(=O)N1CCC(c2ccc(Cl)cc2)CC1)C(C)C. The molecule has 144 valence electrons. The van der Waals surface area contributed by atoms with Crippen LogP contribution in [0.1, 0.15) is 58.4 Å². The molecule has 1 heterocycles. The van der Waals surface area contributed by atoms with Gasteiger partial charge >= 0.3 is 0 Å². The largest absolute Gasteiger partial charge is 0.344 e. The van der Waals surface area contributed by atoms with Crippen LogP contribution in [0, 0.1) is 11.8 Å². The molecule has 26 heavy (non-hydrogen) atoms. The van der Waals surface area contributed by atoms with E-state index in [1.165, 1.54) is 5.56 Å². The van der Waals surface area contributed by atoms with Gasteiger partial charge in [0.2, 0.25) is 11.8 Å². The van der Waals surface area contributed by atoms with Crippen molar-refractivity contribution in [3.05, 3.63) is 34.9 Å². The molecule has 0 radical (unpaired) electrons. The molecule has 0 spiro atoms. The molecule has 1 aliphatic heterocycles. The third-order valence-corrected chi connectivity index (χ3v) is 5.24. The van der Waals surface area contributed by atoms with Gasteiger partial charge in [-0.05, 0) is 48.3 Å². The predicted molar refractivity (Wildman–Crippen MR) is 106 cm³/mol. The molecular formula is C21H31ClN2O2. The molecule has 0 bridgehead atoms. The number of carbonyl (C=O) groups excluding carboxylic acids is 2. The minimum Gasteiger partial charge on any atom is -0.344 e. The van der Waals surface area contributed by atoms with Crippen LogP contribution in [-0.4, -0.2) is 35.8 Å². The van der Waals surface area contributed by atoms with Crippen LogP contribution in [0.3, 0.4) is 0 Å². The normalized spacial score (nSPS) is 16.8. The summed E-state index contributed by atoms with van der Waals surface area (Å²) in [5.74, 6) is 0.833. The average Bonchev–Trinajstić information content (AvgIpc) is 2.59. The van der Waals surface area contributed by atoms with Crippen LogP contribution >= 0.6 is 11.6 Å². The minimum atomic E-state index is -0.437. The number of nitrogens with one attached hydrogen (secondary N) is 1. The molecule has 1 fully saturated rings. The number of carbonyl (C=O) groups is 2. The first kappa shape index (κ1) is 20.8. The van der Waals surface area contributed by atoms with E-state index in [4.69, 9.17) is 11.6 Å².